The van der Waals surface area contributed by atoms with Crippen LogP contribution < -0.4 is 0 Å². The van der Waals surface area contributed by atoms with E-state index in [9.17, 15) is 84.9 Å². The molecule has 2 rings (SSSR count). The van der Waals surface area contributed by atoms with E-state index in [4.69, 9.17) is 0 Å². The Labute approximate surface area is 229 Å². The van der Waals surface area contributed by atoms with E-state index < -0.39 is 81.9 Å². The van der Waals surface area contributed by atoms with Crippen molar-refractivity contribution in [2.75, 3.05) is 0 Å². The van der Waals surface area contributed by atoms with Gasteiger partial charge in [-0.15, -0.1) is 0 Å². The number of alkyl halides is 20. The average Bonchev–Trinajstić information content (AvgIpc) is 2.87. The first-order valence-corrected chi connectivity index (χ1v) is 10.6. The molecule has 0 aliphatic rings. The summed E-state index contributed by atoms with van der Waals surface area (Å²) >= 11 is 0. The first-order valence-electron chi connectivity index (χ1n) is 10.6. The first kappa shape index (κ1) is 36.8. The fraction of sp³-hybridized carbons (Fsp3) is 0.455. The molecule has 0 unspecified atom stereocenters. The number of hydrogen-bond acceptors (Lipinski definition) is 2. The number of phenols is 2. The van der Waals surface area contributed by atoms with Crippen LogP contribution >= 0.6 is 0 Å². The first-order chi connectivity index (χ1) is 19.2. The lowest BCUT2D eigenvalue weighted by Gasteiger charge is -2.46. The van der Waals surface area contributed by atoms with E-state index in [0.717, 1.165) is 0 Å². The minimum Gasteiger partial charge on any atom is -0.508 e. The van der Waals surface area contributed by atoms with E-state index in [2.05, 4.69) is 0 Å². The zero-order valence-electron chi connectivity index (χ0n) is 20.1. The Hall–Kier alpha value is -3.36. The van der Waals surface area contributed by atoms with Gasteiger partial charge < -0.3 is 10.2 Å². The Kier molecular flexibility index (Phi) is 8.43. The normalized spacial score (nSPS) is 15.5. The summed E-state index contributed by atoms with van der Waals surface area (Å²) < 4.78 is 278. The SMILES string of the molecule is Oc1ccc(C(F)(c2ccc(O)cc2)C(F)(F)C(F)(F)C(F)(F)C(F)(F)C(F)(F)C(F)(F)C(F)(F)C(F)(F)C(F)(F)F)cc1. The molecule has 0 heterocycles. The van der Waals surface area contributed by atoms with Crippen LogP contribution in [0.5, 0.6) is 11.5 Å². The van der Waals surface area contributed by atoms with Crippen LogP contribution in [0.1, 0.15) is 11.1 Å². The van der Waals surface area contributed by atoms with Crippen LogP contribution in [-0.4, -0.2) is 63.8 Å². The molecule has 0 aliphatic carbocycles. The van der Waals surface area contributed by atoms with Gasteiger partial charge in [0, 0.05) is 11.1 Å². The third-order valence-electron chi connectivity index (χ3n) is 6.08. The van der Waals surface area contributed by atoms with E-state index in [1.165, 1.54) is 0 Å². The van der Waals surface area contributed by atoms with Crippen molar-refractivity contribution in [1.29, 1.82) is 0 Å². The molecule has 2 aromatic rings. The van der Waals surface area contributed by atoms with Crippen molar-refractivity contribution in [3.63, 3.8) is 0 Å². The molecular weight excluding hydrogens is 676 g/mol. The summed E-state index contributed by atoms with van der Waals surface area (Å²) in [5.41, 5.74) is -9.68. The molecule has 0 amide bonds. The summed E-state index contributed by atoms with van der Waals surface area (Å²) in [7, 11) is 0. The van der Waals surface area contributed by atoms with Gasteiger partial charge in [-0.1, -0.05) is 24.3 Å². The topological polar surface area (TPSA) is 40.5 Å². The van der Waals surface area contributed by atoms with Gasteiger partial charge in [-0.05, 0) is 24.3 Å². The molecule has 0 fully saturated rings. The summed E-state index contributed by atoms with van der Waals surface area (Å²) in [6, 6.07) is 0.308. The lowest BCUT2D eigenvalue weighted by molar-refractivity contribution is -0.471. The maximum atomic E-state index is 16.1. The standard InChI is InChI=1S/C22H10F20O2/c23-13(9-1-5-11(43)6-2-9,10-3-7-12(44)8-4-10)14(24,25)15(26,27)16(28,29)17(30,31)18(32,33)19(34,35)20(36,37)21(38,39)22(40,41)42/h1-8,43-44H. The Balaban J connectivity index is 2.88. The van der Waals surface area contributed by atoms with Gasteiger partial charge >= 0.3 is 53.6 Å². The molecule has 0 bridgehead atoms. The monoisotopic (exact) mass is 686 g/mol. The molecule has 2 aromatic carbocycles. The molecule has 2 N–H and O–H groups in total. The smallest absolute Gasteiger partial charge is 0.460 e. The second-order valence-electron chi connectivity index (χ2n) is 8.85. The lowest BCUT2D eigenvalue weighted by atomic mass is 9.76. The fourth-order valence-corrected chi connectivity index (χ4v) is 3.49. The van der Waals surface area contributed by atoms with E-state index in [0.29, 0.717) is 0 Å². The minimum atomic E-state index is -9.16. The molecule has 22 heteroatoms. The van der Waals surface area contributed by atoms with Crippen molar-refractivity contribution in [1.82, 2.24) is 0 Å². The van der Waals surface area contributed by atoms with Gasteiger partial charge in [0.25, 0.3) is 0 Å². The van der Waals surface area contributed by atoms with Crippen LogP contribution in [0.2, 0.25) is 0 Å². The van der Waals surface area contributed by atoms with Crippen molar-refractivity contribution >= 4 is 0 Å². The predicted molar refractivity (Wildman–Crippen MR) is 104 cm³/mol. The van der Waals surface area contributed by atoms with Gasteiger partial charge in [0.15, 0.2) is 0 Å². The quantitative estimate of drug-likeness (QED) is 0.245. The molecule has 2 nitrogen and oxygen atoms in total. The second-order valence-corrected chi connectivity index (χ2v) is 8.85. The van der Waals surface area contributed by atoms with Gasteiger partial charge in [0.05, 0.1) is 0 Å². The highest BCUT2D eigenvalue weighted by Crippen LogP contribution is 2.67. The van der Waals surface area contributed by atoms with E-state index in [1.807, 2.05) is 0 Å². The summed E-state index contributed by atoms with van der Waals surface area (Å²) in [5, 5.41) is 18.4. The maximum Gasteiger partial charge on any atom is 0.460 e. The Morgan fingerprint density at radius 3 is 0.727 bits per heavy atom. The lowest BCUT2D eigenvalue weighted by Crippen LogP contribution is -2.76. The third-order valence-corrected chi connectivity index (χ3v) is 6.08. The largest absolute Gasteiger partial charge is 0.508 e. The average molecular weight is 686 g/mol. The zero-order valence-corrected chi connectivity index (χ0v) is 20.1. The number of aromatic hydroxyl groups is 2. The predicted octanol–water partition coefficient (Wildman–Crippen LogP) is 8.96. The van der Waals surface area contributed by atoms with Gasteiger partial charge in [0.2, 0.25) is 5.67 Å². The number of hydrogen-bond donors (Lipinski definition) is 2. The zero-order chi connectivity index (χ0) is 35.0. The summed E-state index contributed by atoms with van der Waals surface area (Å²) in [5.74, 6) is -71.6. The second kappa shape index (κ2) is 10.1. The van der Waals surface area contributed by atoms with Crippen LogP contribution in [0.3, 0.4) is 0 Å². The maximum absolute atomic E-state index is 16.1. The Bertz CT molecular complexity index is 1280. The fourth-order valence-electron chi connectivity index (χ4n) is 3.49. The van der Waals surface area contributed by atoms with E-state index >= 15 is 13.2 Å². The summed E-state index contributed by atoms with van der Waals surface area (Å²) in [4.78, 5) is 0. The van der Waals surface area contributed by atoms with E-state index in [-0.39, 0.29) is 48.5 Å². The van der Waals surface area contributed by atoms with Gasteiger partial charge in [-0.25, -0.2) is 4.39 Å². The van der Waals surface area contributed by atoms with Crippen molar-refractivity contribution in [2.24, 2.45) is 0 Å². The molecule has 44 heavy (non-hydrogen) atoms. The molecule has 0 radical (unpaired) electrons. The molecule has 0 saturated carbocycles. The highest BCUT2D eigenvalue weighted by atomic mass is 19.4. The number of benzene rings is 2. The molecule has 0 saturated heterocycles. The van der Waals surface area contributed by atoms with Crippen LogP contribution in [0.25, 0.3) is 0 Å². The Morgan fingerprint density at radius 2 is 0.500 bits per heavy atom. The molecular formula is C22H10F20O2. The minimum absolute atomic E-state index is 0.106. The van der Waals surface area contributed by atoms with Crippen LogP contribution in [0.15, 0.2) is 48.5 Å². The highest BCUT2D eigenvalue weighted by Gasteiger charge is 2.97. The van der Waals surface area contributed by atoms with E-state index in [1.54, 1.807) is 0 Å². The van der Waals surface area contributed by atoms with Crippen molar-refractivity contribution in [2.45, 2.75) is 59.2 Å². The molecule has 250 valence electrons. The molecule has 0 aliphatic heterocycles. The van der Waals surface area contributed by atoms with Crippen LogP contribution in [-0.2, 0) is 5.67 Å². The van der Waals surface area contributed by atoms with Gasteiger partial charge in [-0.2, -0.15) is 83.4 Å². The number of rotatable bonds is 10. The highest BCUT2D eigenvalue weighted by molar-refractivity contribution is 5.44. The van der Waals surface area contributed by atoms with Gasteiger partial charge in [-0.3, -0.25) is 0 Å². The summed E-state index contributed by atoms with van der Waals surface area (Å²) in [6.07, 6.45) is -8.01. The molecule has 0 spiro atoms. The number of halogens is 20. The third kappa shape index (κ3) is 4.55. The van der Waals surface area contributed by atoms with Crippen molar-refractivity contribution < 1.29 is 98.0 Å². The van der Waals surface area contributed by atoms with Crippen LogP contribution in [0, 0.1) is 0 Å². The summed E-state index contributed by atoms with van der Waals surface area (Å²) in [6.45, 7) is 0. The Morgan fingerprint density at radius 1 is 0.295 bits per heavy atom. The molecule has 0 aromatic heterocycles. The number of phenolic OH excluding ortho intramolecular Hbond substituents is 2. The molecule has 0 atom stereocenters. The van der Waals surface area contributed by atoms with Gasteiger partial charge in [0.1, 0.15) is 11.5 Å². The van der Waals surface area contributed by atoms with Crippen molar-refractivity contribution in [3.8, 4) is 11.5 Å². The van der Waals surface area contributed by atoms with Crippen molar-refractivity contribution in [3.05, 3.63) is 59.7 Å². The van der Waals surface area contributed by atoms with Crippen LogP contribution in [0.4, 0.5) is 87.8 Å².